The summed E-state index contributed by atoms with van der Waals surface area (Å²) in [5.41, 5.74) is 17.7. The van der Waals surface area contributed by atoms with Crippen molar-refractivity contribution in [1.82, 2.24) is 0 Å². The molecule has 0 aliphatic rings. The van der Waals surface area contributed by atoms with Gasteiger partial charge >= 0.3 is 0 Å². The maximum Gasteiger partial charge on any atom is 0.0752 e. The Bertz CT molecular complexity index is 905. The Morgan fingerprint density at radius 2 is 1.09 bits per heavy atom. The number of hydrogen-bond acceptors (Lipinski definition) is 5. The van der Waals surface area contributed by atoms with Crippen molar-refractivity contribution in [3.63, 3.8) is 0 Å². The van der Waals surface area contributed by atoms with Crippen molar-refractivity contribution in [2.45, 2.75) is 91.9 Å². The van der Waals surface area contributed by atoms with Crippen LogP contribution in [-0.2, 0) is 12.8 Å². The summed E-state index contributed by atoms with van der Waals surface area (Å²) in [6.07, 6.45) is 12.5. The molecule has 0 bridgehead atoms. The Kier molecular flexibility index (Phi) is 10.3. The van der Waals surface area contributed by atoms with Crippen molar-refractivity contribution in [1.29, 1.82) is 0 Å². The molecule has 0 fully saturated rings. The average Bonchev–Trinajstić information content (AvgIpc) is 3.54. The highest BCUT2D eigenvalue weighted by molar-refractivity contribution is 7.27. The van der Waals surface area contributed by atoms with Crippen LogP contribution < -0.4 is 11.5 Å². The van der Waals surface area contributed by atoms with Crippen molar-refractivity contribution >= 4 is 45.4 Å². The van der Waals surface area contributed by atoms with E-state index in [4.69, 9.17) is 11.5 Å². The molecule has 0 aliphatic carbocycles. The molecule has 3 rings (SSSR count). The van der Waals surface area contributed by atoms with E-state index in [9.17, 15) is 0 Å². The summed E-state index contributed by atoms with van der Waals surface area (Å²) in [5.74, 6) is 1.49. The van der Waals surface area contributed by atoms with Crippen molar-refractivity contribution < 1.29 is 0 Å². The van der Waals surface area contributed by atoms with Crippen LogP contribution in [-0.4, -0.2) is 0 Å². The molecule has 5 heteroatoms. The number of thiophene rings is 3. The molecule has 33 heavy (non-hydrogen) atoms. The predicted octanol–water partition coefficient (Wildman–Crippen LogP) is 9.89. The van der Waals surface area contributed by atoms with Gasteiger partial charge in [-0.05, 0) is 58.7 Å². The first kappa shape index (κ1) is 26.3. The summed E-state index contributed by atoms with van der Waals surface area (Å²) >= 11 is 5.44. The van der Waals surface area contributed by atoms with Gasteiger partial charge in [-0.1, -0.05) is 79.1 Å². The number of rotatable bonds is 14. The molecule has 4 N–H and O–H groups in total. The molecule has 2 atom stereocenters. The van der Waals surface area contributed by atoms with Gasteiger partial charge in [-0.2, -0.15) is 0 Å². The van der Waals surface area contributed by atoms with Gasteiger partial charge in [0.1, 0.15) is 0 Å². The van der Waals surface area contributed by atoms with Crippen LogP contribution >= 0.6 is 34.0 Å². The molecule has 0 amide bonds. The van der Waals surface area contributed by atoms with E-state index in [0.717, 1.165) is 36.1 Å². The third kappa shape index (κ3) is 6.43. The van der Waals surface area contributed by atoms with E-state index in [-0.39, 0.29) is 0 Å². The zero-order valence-electron chi connectivity index (χ0n) is 20.9. The van der Waals surface area contributed by atoms with Crippen LogP contribution in [0, 0.1) is 11.8 Å². The third-order valence-electron chi connectivity index (χ3n) is 6.99. The second kappa shape index (κ2) is 13.0. The summed E-state index contributed by atoms with van der Waals surface area (Å²) in [4.78, 5) is 5.02. The fourth-order valence-corrected chi connectivity index (χ4v) is 8.10. The minimum atomic E-state index is 0.745. The monoisotopic (exact) mass is 502 g/mol. The van der Waals surface area contributed by atoms with Gasteiger partial charge in [0.25, 0.3) is 0 Å². The van der Waals surface area contributed by atoms with E-state index < -0.39 is 0 Å². The van der Waals surface area contributed by atoms with E-state index in [1.165, 1.54) is 82.0 Å². The lowest BCUT2D eigenvalue weighted by molar-refractivity contribution is 0.450. The van der Waals surface area contributed by atoms with Crippen LogP contribution in [0.15, 0.2) is 22.9 Å². The number of hydrogen-bond donors (Lipinski definition) is 2. The van der Waals surface area contributed by atoms with Gasteiger partial charge < -0.3 is 11.5 Å². The fraction of sp³-hybridized carbons (Fsp3) is 0.571. The van der Waals surface area contributed by atoms with Gasteiger partial charge in [0.15, 0.2) is 0 Å². The van der Waals surface area contributed by atoms with E-state index in [2.05, 4.69) is 50.6 Å². The smallest absolute Gasteiger partial charge is 0.0752 e. The summed E-state index contributed by atoms with van der Waals surface area (Å²) in [6, 6.07) is 4.61. The Balaban J connectivity index is 1.88. The quantitative estimate of drug-likeness (QED) is 0.230. The summed E-state index contributed by atoms with van der Waals surface area (Å²) in [5, 5.41) is 4.45. The van der Waals surface area contributed by atoms with Gasteiger partial charge in [0.05, 0.1) is 21.1 Å². The zero-order chi connectivity index (χ0) is 23.8. The Morgan fingerprint density at radius 3 is 1.45 bits per heavy atom. The molecule has 0 aromatic carbocycles. The third-order valence-corrected chi connectivity index (χ3v) is 10.5. The number of unbranched alkanes of at least 4 members (excludes halogenated alkanes) is 2. The first-order valence-electron chi connectivity index (χ1n) is 12.8. The van der Waals surface area contributed by atoms with E-state index in [1.54, 1.807) is 11.3 Å². The Morgan fingerprint density at radius 1 is 0.667 bits per heavy atom. The van der Waals surface area contributed by atoms with Crippen LogP contribution in [0.3, 0.4) is 0 Å². The first-order chi connectivity index (χ1) is 16.0. The van der Waals surface area contributed by atoms with Crippen LogP contribution in [0.1, 0.15) is 90.2 Å². The molecule has 0 aliphatic heterocycles. The van der Waals surface area contributed by atoms with Crippen molar-refractivity contribution in [3.8, 4) is 19.5 Å². The van der Waals surface area contributed by atoms with Crippen LogP contribution in [0.4, 0.5) is 11.4 Å². The van der Waals surface area contributed by atoms with E-state index >= 15 is 0 Å². The highest BCUT2D eigenvalue weighted by atomic mass is 32.1. The van der Waals surface area contributed by atoms with Gasteiger partial charge in [-0.15, -0.1) is 34.0 Å². The van der Waals surface area contributed by atoms with Gasteiger partial charge in [0, 0.05) is 9.75 Å². The molecule has 182 valence electrons. The summed E-state index contributed by atoms with van der Waals surface area (Å²) < 4.78 is 0. The molecule has 0 radical (unpaired) electrons. The lowest BCUT2D eigenvalue weighted by atomic mass is 9.92. The minimum absolute atomic E-state index is 0.745. The molecule has 0 saturated heterocycles. The fourth-order valence-electron chi connectivity index (χ4n) is 4.69. The zero-order valence-corrected chi connectivity index (χ0v) is 23.4. The van der Waals surface area contributed by atoms with Gasteiger partial charge in [-0.25, -0.2) is 0 Å². The topological polar surface area (TPSA) is 52.0 Å². The molecule has 0 saturated carbocycles. The maximum absolute atomic E-state index is 6.65. The Labute approximate surface area is 213 Å². The number of nitrogens with two attached hydrogens (primary N) is 2. The second-order valence-electron chi connectivity index (χ2n) is 9.38. The lowest BCUT2D eigenvalue weighted by Crippen LogP contribution is -2.03. The highest BCUT2D eigenvalue weighted by Gasteiger charge is 2.23. The summed E-state index contributed by atoms with van der Waals surface area (Å²) in [7, 11) is 0. The largest absolute Gasteiger partial charge is 0.396 e. The number of anilines is 2. The van der Waals surface area contributed by atoms with Crippen molar-refractivity contribution in [3.05, 3.63) is 34.0 Å². The van der Waals surface area contributed by atoms with Crippen molar-refractivity contribution in [2.75, 3.05) is 11.5 Å². The molecular weight excluding hydrogens is 461 g/mol. The maximum atomic E-state index is 6.65. The molecule has 2 nitrogen and oxygen atoms in total. The molecule has 0 spiro atoms. The number of nitrogen functional groups attached to an aromatic ring is 2. The summed E-state index contributed by atoms with van der Waals surface area (Å²) in [6.45, 7) is 9.21. The normalized spacial score (nSPS) is 13.5. The molecule has 3 aromatic heterocycles. The SMILES string of the molecule is CCCCC(CC)Cc1ccsc1-c1sc(-c2sccc2CC(CC)CCCC)c(N)c1N. The minimum Gasteiger partial charge on any atom is -0.396 e. The van der Waals surface area contributed by atoms with Crippen LogP contribution in [0.5, 0.6) is 0 Å². The van der Waals surface area contributed by atoms with E-state index in [1.807, 2.05) is 22.7 Å². The van der Waals surface area contributed by atoms with Crippen LogP contribution in [0.25, 0.3) is 19.5 Å². The standard InChI is InChI=1S/C28H42N2S3/c1-5-9-11-19(7-3)17-21-13-15-31-25(21)27-23(29)24(30)28(33-27)26-22(14-16-32-26)18-20(8-4)12-10-6-2/h13-16,19-20H,5-12,17-18,29-30H2,1-4H3. The molecule has 3 aromatic rings. The first-order valence-corrected chi connectivity index (χ1v) is 15.4. The van der Waals surface area contributed by atoms with Crippen LogP contribution in [0.2, 0.25) is 0 Å². The molecule has 3 heterocycles. The highest BCUT2D eigenvalue weighted by Crippen LogP contribution is 2.51. The predicted molar refractivity (Wildman–Crippen MR) is 154 cm³/mol. The average molecular weight is 503 g/mol. The van der Waals surface area contributed by atoms with Gasteiger partial charge in [-0.3, -0.25) is 0 Å². The second-order valence-corrected chi connectivity index (χ2v) is 12.2. The molecule has 2 unspecified atom stereocenters. The Hall–Kier alpha value is -1.30. The van der Waals surface area contributed by atoms with E-state index in [0.29, 0.717) is 0 Å². The molecular formula is C28H42N2S3. The lowest BCUT2D eigenvalue weighted by Gasteiger charge is -2.15. The van der Waals surface area contributed by atoms with Crippen molar-refractivity contribution in [2.24, 2.45) is 11.8 Å². The van der Waals surface area contributed by atoms with Gasteiger partial charge in [0.2, 0.25) is 0 Å².